The van der Waals surface area contributed by atoms with E-state index in [0.717, 1.165) is 5.65 Å². The van der Waals surface area contributed by atoms with Gasteiger partial charge in [-0.05, 0) is 30.3 Å². The van der Waals surface area contributed by atoms with Crippen molar-refractivity contribution in [3.05, 3.63) is 53.8 Å². The van der Waals surface area contributed by atoms with E-state index >= 15 is 0 Å². The third kappa shape index (κ3) is 1.87. The van der Waals surface area contributed by atoms with Crippen LogP contribution in [0.3, 0.4) is 0 Å². The molecule has 18 heavy (non-hydrogen) atoms. The van der Waals surface area contributed by atoms with E-state index in [4.69, 9.17) is 22.1 Å². The lowest BCUT2D eigenvalue weighted by atomic mass is 10.3. The van der Waals surface area contributed by atoms with E-state index in [-0.39, 0.29) is 0 Å². The first-order valence-electron chi connectivity index (χ1n) is 5.39. The van der Waals surface area contributed by atoms with E-state index in [1.807, 2.05) is 28.8 Å². The van der Waals surface area contributed by atoms with Crippen LogP contribution in [0.5, 0.6) is 11.6 Å². The fourth-order valence-corrected chi connectivity index (χ4v) is 1.94. The van der Waals surface area contributed by atoms with E-state index in [9.17, 15) is 0 Å². The topological polar surface area (TPSA) is 52.5 Å². The van der Waals surface area contributed by atoms with Crippen LogP contribution in [0.4, 0.5) is 5.69 Å². The SMILES string of the molecule is Nc1ccc(Oc2cccc3nccn23)c(Cl)c1. The van der Waals surface area contributed by atoms with Gasteiger partial charge in [-0.15, -0.1) is 0 Å². The highest BCUT2D eigenvalue weighted by molar-refractivity contribution is 6.32. The van der Waals surface area contributed by atoms with Gasteiger partial charge in [-0.25, -0.2) is 4.98 Å². The molecule has 5 heteroatoms. The fraction of sp³-hybridized carbons (Fsp3) is 0. The van der Waals surface area contributed by atoms with Crippen LogP contribution in [0.25, 0.3) is 5.65 Å². The zero-order valence-electron chi connectivity index (χ0n) is 9.38. The Balaban J connectivity index is 2.03. The van der Waals surface area contributed by atoms with Crippen LogP contribution in [0.2, 0.25) is 5.02 Å². The molecule has 4 nitrogen and oxygen atoms in total. The lowest BCUT2D eigenvalue weighted by Gasteiger charge is -2.09. The number of nitrogen functional groups attached to an aromatic ring is 1. The van der Waals surface area contributed by atoms with E-state index in [0.29, 0.717) is 22.3 Å². The summed E-state index contributed by atoms with van der Waals surface area (Å²) in [4.78, 5) is 4.19. The number of imidazole rings is 1. The number of pyridine rings is 1. The molecule has 0 saturated carbocycles. The minimum absolute atomic E-state index is 0.479. The highest BCUT2D eigenvalue weighted by atomic mass is 35.5. The second-order valence-electron chi connectivity index (χ2n) is 3.81. The maximum absolute atomic E-state index is 6.07. The van der Waals surface area contributed by atoms with Crippen molar-refractivity contribution in [1.82, 2.24) is 9.38 Å². The van der Waals surface area contributed by atoms with Gasteiger partial charge in [0.15, 0.2) is 0 Å². The number of hydrogen-bond acceptors (Lipinski definition) is 3. The Morgan fingerprint density at radius 1 is 1.22 bits per heavy atom. The fourth-order valence-electron chi connectivity index (χ4n) is 1.72. The molecule has 0 atom stereocenters. The molecule has 3 rings (SSSR count). The molecule has 0 aliphatic rings. The standard InChI is InChI=1S/C13H10ClN3O/c14-10-8-9(15)4-5-11(10)18-13-3-1-2-12-16-6-7-17(12)13/h1-8H,15H2. The minimum atomic E-state index is 0.479. The highest BCUT2D eigenvalue weighted by Gasteiger charge is 2.06. The zero-order chi connectivity index (χ0) is 12.5. The van der Waals surface area contributed by atoms with Gasteiger partial charge in [0.1, 0.15) is 11.4 Å². The summed E-state index contributed by atoms with van der Waals surface area (Å²) in [6, 6.07) is 10.8. The number of rotatable bonds is 2. The summed E-state index contributed by atoms with van der Waals surface area (Å²) in [6.45, 7) is 0. The first-order chi connectivity index (χ1) is 8.74. The molecular formula is C13H10ClN3O. The smallest absolute Gasteiger partial charge is 0.205 e. The van der Waals surface area contributed by atoms with E-state index in [2.05, 4.69) is 4.98 Å². The van der Waals surface area contributed by atoms with Crippen molar-refractivity contribution in [1.29, 1.82) is 0 Å². The van der Waals surface area contributed by atoms with Gasteiger partial charge in [0, 0.05) is 18.1 Å². The molecule has 0 saturated heterocycles. The highest BCUT2D eigenvalue weighted by Crippen LogP contribution is 2.30. The molecule has 90 valence electrons. The molecule has 0 aliphatic carbocycles. The predicted octanol–water partition coefficient (Wildman–Crippen LogP) is 3.36. The quantitative estimate of drug-likeness (QED) is 0.718. The van der Waals surface area contributed by atoms with Crippen LogP contribution in [-0.4, -0.2) is 9.38 Å². The summed E-state index contributed by atoms with van der Waals surface area (Å²) in [5, 5.41) is 0.479. The number of hydrogen-bond donors (Lipinski definition) is 1. The Morgan fingerprint density at radius 3 is 2.94 bits per heavy atom. The predicted molar refractivity (Wildman–Crippen MR) is 71.1 cm³/mol. The van der Waals surface area contributed by atoms with Crippen molar-refractivity contribution >= 4 is 22.9 Å². The van der Waals surface area contributed by atoms with Crippen LogP contribution < -0.4 is 10.5 Å². The molecule has 0 aliphatic heterocycles. The summed E-state index contributed by atoms with van der Waals surface area (Å²) in [5.74, 6) is 1.21. The van der Waals surface area contributed by atoms with Gasteiger partial charge in [-0.2, -0.15) is 0 Å². The Hall–Kier alpha value is -2.20. The van der Waals surface area contributed by atoms with Gasteiger partial charge in [0.25, 0.3) is 0 Å². The summed E-state index contributed by atoms with van der Waals surface area (Å²) in [7, 11) is 0. The third-order valence-corrected chi connectivity index (χ3v) is 2.86. The van der Waals surface area contributed by atoms with Crippen molar-refractivity contribution in [2.24, 2.45) is 0 Å². The van der Waals surface area contributed by atoms with Gasteiger partial charge in [-0.3, -0.25) is 4.40 Å². The molecule has 2 aromatic heterocycles. The van der Waals surface area contributed by atoms with Crippen LogP contribution in [0.1, 0.15) is 0 Å². The van der Waals surface area contributed by atoms with E-state index in [1.165, 1.54) is 0 Å². The van der Waals surface area contributed by atoms with Crippen molar-refractivity contribution in [2.45, 2.75) is 0 Å². The van der Waals surface area contributed by atoms with Gasteiger partial charge in [-0.1, -0.05) is 17.7 Å². The van der Waals surface area contributed by atoms with E-state index < -0.39 is 0 Å². The molecule has 2 heterocycles. The molecule has 0 fully saturated rings. The molecule has 0 spiro atoms. The zero-order valence-corrected chi connectivity index (χ0v) is 10.1. The number of halogens is 1. The molecule has 0 radical (unpaired) electrons. The first kappa shape index (κ1) is 10.9. The van der Waals surface area contributed by atoms with Gasteiger partial charge >= 0.3 is 0 Å². The van der Waals surface area contributed by atoms with E-state index in [1.54, 1.807) is 24.4 Å². The summed E-state index contributed by atoms with van der Waals surface area (Å²) in [6.07, 6.45) is 3.54. The van der Waals surface area contributed by atoms with Crippen molar-refractivity contribution < 1.29 is 4.74 Å². The normalized spacial score (nSPS) is 10.7. The molecule has 0 bridgehead atoms. The first-order valence-corrected chi connectivity index (χ1v) is 5.77. The number of nitrogens with zero attached hydrogens (tertiary/aromatic N) is 2. The second-order valence-corrected chi connectivity index (χ2v) is 4.22. The Kier molecular flexibility index (Phi) is 2.57. The second kappa shape index (κ2) is 4.23. The van der Waals surface area contributed by atoms with Gasteiger partial charge in [0.05, 0.1) is 5.02 Å². The van der Waals surface area contributed by atoms with Crippen molar-refractivity contribution in [2.75, 3.05) is 5.73 Å². The Labute approximate surface area is 109 Å². The molecular weight excluding hydrogens is 250 g/mol. The van der Waals surface area contributed by atoms with Crippen molar-refractivity contribution in [3.63, 3.8) is 0 Å². The van der Waals surface area contributed by atoms with Crippen molar-refractivity contribution in [3.8, 4) is 11.6 Å². The van der Waals surface area contributed by atoms with Gasteiger partial charge in [0.2, 0.25) is 5.88 Å². The molecule has 2 N–H and O–H groups in total. The summed E-state index contributed by atoms with van der Waals surface area (Å²) < 4.78 is 7.61. The molecule has 3 aromatic rings. The number of nitrogens with two attached hydrogens (primary N) is 1. The monoisotopic (exact) mass is 259 g/mol. The lowest BCUT2D eigenvalue weighted by molar-refractivity contribution is 0.456. The average Bonchev–Trinajstić information content (AvgIpc) is 2.82. The summed E-state index contributed by atoms with van der Waals surface area (Å²) in [5.41, 5.74) is 7.06. The average molecular weight is 260 g/mol. The van der Waals surface area contributed by atoms with Crippen LogP contribution in [0, 0.1) is 0 Å². The third-order valence-electron chi connectivity index (χ3n) is 2.56. The Morgan fingerprint density at radius 2 is 2.11 bits per heavy atom. The molecule has 0 unspecified atom stereocenters. The Bertz CT molecular complexity index is 708. The lowest BCUT2D eigenvalue weighted by Crippen LogP contribution is -1.94. The van der Waals surface area contributed by atoms with Crippen LogP contribution >= 0.6 is 11.6 Å². The van der Waals surface area contributed by atoms with Crippen LogP contribution in [-0.2, 0) is 0 Å². The number of benzene rings is 1. The maximum atomic E-state index is 6.07. The largest absolute Gasteiger partial charge is 0.439 e. The maximum Gasteiger partial charge on any atom is 0.205 e. The minimum Gasteiger partial charge on any atom is -0.439 e. The number of fused-ring (bicyclic) bond motifs is 1. The molecule has 1 aromatic carbocycles. The number of anilines is 1. The van der Waals surface area contributed by atoms with Crippen LogP contribution in [0.15, 0.2) is 48.8 Å². The number of aromatic nitrogens is 2. The number of ether oxygens (including phenoxy) is 1. The van der Waals surface area contributed by atoms with Gasteiger partial charge < -0.3 is 10.5 Å². The summed E-state index contributed by atoms with van der Waals surface area (Å²) >= 11 is 6.07. The molecule has 0 amide bonds.